The van der Waals surface area contributed by atoms with E-state index in [1.54, 1.807) is 24.5 Å². The van der Waals surface area contributed by atoms with E-state index in [0.717, 1.165) is 0 Å². The molecule has 5 N–H and O–H groups in total. The molecule has 0 aliphatic carbocycles. The summed E-state index contributed by atoms with van der Waals surface area (Å²) in [6.07, 6.45) is 2.32. The first-order valence-electron chi connectivity index (χ1n) is 5.24. The highest BCUT2D eigenvalue weighted by molar-refractivity contribution is 7.84. The van der Waals surface area contributed by atoms with E-state index in [1.165, 1.54) is 0 Å². The molecule has 1 atom stereocenters. The summed E-state index contributed by atoms with van der Waals surface area (Å²) in [5.74, 6) is 0.349. The third-order valence-electron chi connectivity index (χ3n) is 2.21. The Morgan fingerprint density at radius 3 is 2.71 bits per heavy atom. The molecule has 5 nitrogen and oxygen atoms in total. The fraction of sp³-hybridized carbons (Fsp3) is 0.364. The molecule has 0 heterocycles. The Labute approximate surface area is 103 Å². The van der Waals surface area contributed by atoms with E-state index >= 15 is 0 Å². The molecule has 1 unspecified atom stereocenters. The van der Waals surface area contributed by atoms with Gasteiger partial charge < -0.3 is 16.8 Å². The first-order chi connectivity index (χ1) is 8.00. The Kier molecular flexibility index (Phi) is 4.96. The topological polar surface area (TPSA) is 98.2 Å². The van der Waals surface area contributed by atoms with Crippen molar-refractivity contribution in [3.05, 3.63) is 23.8 Å². The van der Waals surface area contributed by atoms with E-state index < -0.39 is 10.8 Å². The number of benzene rings is 1. The van der Waals surface area contributed by atoms with Gasteiger partial charge in [0.2, 0.25) is 0 Å². The Balaban J connectivity index is 2.50. The molecule has 0 aliphatic rings. The fourth-order valence-corrected chi connectivity index (χ4v) is 1.91. The van der Waals surface area contributed by atoms with E-state index in [-0.39, 0.29) is 5.91 Å². The lowest BCUT2D eigenvalue weighted by Crippen LogP contribution is -2.26. The van der Waals surface area contributed by atoms with Gasteiger partial charge in [-0.25, -0.2) is 0 Å². The number of hydrogen-bond donors (Lipinski definition) is 3. The molecule has 0 saturated heterocycles. The van der Waals surface area contributed by atoms with Crippen LogP contribution in [-0.4, -0.2) is 28.7 Å². The van der Waals surface area contributed by atoms with Gasteiger partial charge in [-0.2, -0.15) is 0 Å². The van der Waals surface area contributed by atoms with Crippen molar-refractivity contribution in [1.82, 2.24) is 5.32 Å². The Bertz CT molecular complexity index is 435. The number of carbonyl (C=O) groups excluding carboxylic acids is 1. The standard InChI is InChI=1S/C11H17N3O2S/c1-17(16)6-2-5-14-11(15)9-4-3-8(12)7-10(9)13/h3-4,7H,2,5-6,12-13H2,1H3,(H,14,15). The van der Waals surface area contributed by atoms with Crippen molar-refractivity contribution in [3.63, 3.8) is 0 Å². The van der Waals surface area contributed by atoms with Crippen LogP contribution in [0.1, 0.15) is 16.8 Å². The minimum absolute atomic E-state index is 0.232. The van der Waals surface area contributed by atoms with Crippen molar-refractivity contribution < 1.29 is 9.00 Å². The molecule has 0 radical (unpaired) electrons. The summed E-state index contributed by atoms with van der Waals surface area (Å²) in [4.78, 5) is 11.7. The van der Waals surface area contributed by atoms with Crippen molar-refractivity contribution in [3.8, 4) is 0 Å². The predicted molar refractivity (Wildman–Crippen MR) is 71.2 cm³/mol. The fourth-order valence-electron chi connectivity index (χ4n) is 1.36. The van der Waals surface area contributed by atoms with Crippen LogP contribution >= 0.6 is 0 Å². The minimum Gasteiger partial charge on any atom is -0.399 e. The van der Waals surface area contributed by atoms with Gasteiger partial charge in [0.25, 0.3) is 5.91 Å². The molecule has 1 aromatic rings. The van der Waals surface area contributed by atoms with Crippen LogP contribution in [0.25, 0.3) is 0 Å². The third kappa shape index (κ3) is 4.44. The Hall–Kier alpha value is -1.56. The average Bonchev–Trinajstić information content (AvgIpc) is 2.23. The van der Waals surface area contributed by atoms with Gasteiger partial charge in [0.15, 0.2) is 0 Å². The summed E-state index contributed by atoms with van der Waals surface area (Å²) < 4.78 is 10.8. The average molecular weight is 255 g/mol. The molecular formula is C11H17N3O2S. The van der Waals surface area contributed by atoms with Crippen LogP contribution in [0.2, 0.25) is 0 Å². The van der Waals surface area contributed by atoms with Gasteiger partial charge >= 0.3 is 0 Å². The van der Waals surface area contributed by atoms with Crippen molar-refractivity contribution in [1.29, 1.82) is 0 Å². The van der Waals surface area contributed by atoms with Gasteiger partial charge in [-0.1, -0.05) is 0 Å². The zero-order valence-corrected chi connectivity index (χ0v) is 10.5. The predicted octanol–water partition coefficient (Wildman–Crippen LogP) is 0.349. The van der Waals surface area contributed by atoms with Crippen molar-refractivity contribution in [2.45, 2.75) is 6.42 Å². The molecular weight excluding hydrogens is 238 g/mol. The van der Waals surface area contributed by atoms with E-state index in [4.69, 9.17) is 11.5 Å². The largest absolute Gasteiger partial charge is 0.399 e. The van der Waals surface area contributed by atoms with Crippen LogP contribution in [-0.2, 0) is 10.8 Å². The van der Waals surface area contributed by atoms with Crippen LogP contribution in [0, 0.1) is 0 Å². The number of carbonyl (C=O) groups is 1. The van der Waals surface area contributed by atoms with Gasteiger partial charge in [-0.05, 0) is 24.6 Å². The molecule has 17 heavy (non-hydrogen) atoms. The third-order valence-corrected chi connectivity index (χ3v) is 3.08. The van der Waals surface area contributed by atoms with Gasteiger partial charge in [-0.3, -0.25) is 9.00 Å². The first kappa shape index (κ1) is 13.5. The SMILES string of the molecule is CS(=O)CCCNC(=O)c1ccc(N)cc1N. The monoisotopic (exact) mass is 255 g/mol. The van der Waals surface area contributed by atoms with Crippen molar-refractivity contribution in [2.75, 3.05) is 30.0 Å². The number of nitrogens with one attached hydrogen (secondary N) is 1. The zero-order chi connectivity index (χ0) is 12.8. The maximum absolute atomic E-state index is 11.7. The molecule has 6 heteroatoms. The van der Waals surface area contributed by atoms with Crippen molar-refractivity contribution in [2.24, 2.45) is 0 Å². The highest BCUT2D eigenvalue weighted by Crippen LogP contribution is 2.15. The summed E-state index contributed by atoms with van der Waals surface area (Å²) in [5.41, 5.74) is 12.5. The maximum atomic E-state index is 11.7. The smallest absolute Gasteiger partial charge is 0.253 e. The molecule has 0 aliphatic heterocycles. The molecule has 1 aromatic carbocycles. The van der Waals surface area contributed by atoms with Crippen LogP contribution in [0.5, 0.6) is 0 Å². The second-order valence-electron chi connectivity index (χ2n) is 3.73. The Morgan fingerprint density at radius 1 is 1.41 bits per heavy atom. The van der Waals surface area contributed by atoms with Crippen LogP contribution in [0.4, 0.5) is 11.4 Å². The molecule has 94 valence electrons. The lowest BCUT2D eigenvalue weighted by atomic mass is 10.1. The number of nitrogens with two attached hydrogens (primary N) is 2. The molecule has 0 fully saturated rings. The van der Waals surface area contributed by atoms with E-state index in [2.05, 4.69) is 5.32 Å². The van der Waals surface area contributed by atoms with Crippen LogP contribution in [0.3, 0.4) is 0 Å². The highest BCUT2D eigenvalue weighted by atomic mass is 32.2. The molecule has 1 amide bonds. The second kappa shape index (κ2) is 6.24. The zero-order valence-electron chi connectivity index (χ0n) is 9.73. The highest BCUT2D eigenvalue weighted by Gasteiger charge is 2.08. The summed E-state index contributed by atoms with van der Waals surface area (Å²) in [6.45, 7) is 0.488. The number of amides is 1. The van der Waals surface area contributed by atoms with E-state index in [0.29, 0.717) is 35.7 Å². The maximum Gasteiger partial charge on any atom is 0.253 e. The lowest BCUT2D eigenvalue weighted by Gasteiger charge is -2.07. The van der Waals surface area contributed by atoms with E-state index in [1.807, 2.05) is 0 Å². The molecule has 0 saturated carbocycles. The molecule has 0 bridgehead atoms. The van der Waals surface area contributed by atoms with Gasteiger partial charge in [0.05, 0.1) is 5.56 Å². The normalized spacial score (nSPS) is 12.1. The van der Waals surface area contributed by atoms with Gasteiger partial charge in [0.1, 0.15) is 0 Å². The molecule has 0 spiro atoms. The number of hydrogen-bond acceptors (Lipinski definition) is 4. The quantitative estimate of drug-likeness (QED) is 0.522. The Morgan fingerprint density at radius 2 is 2.12 bits per heavy atom. The van der Waals surface area contributed by atoms with Crippen molar-refractivity contribution >= 4 is 28.1 Å². The van der Waals surface area contributed by atoms with E-state index in [9.17, 15) is 9.00 Å². The molecule has 1 rings (SSSR count). The summed E-state index contributed by atoms with van der Waals surface area (Å²) >= 11 is 0. The molecule has 0 aromatic heterocycles. The summed E-state index contributed by atoms with van der Waals surface area (Å²) in [6, 6.07) is 4.78. The lowest BCUT2D eigenvalue weighted by molar-refractivity contribution is 0.0954. The number of anilines is 2. The number of nitrogen functional groups attached to an aromatic ring is 2. The minimum atomic E-state index is -0.825. The summed E-state index contributed by atoms with van der Waals surface area (Å²) in [5, 5.41) is 2.72. The second-order valence-corrected chi connectivity index (χ2v) is 5.29. The van der Waals surface area contributed by atoms with Gasteiger partial charge in [-0.15, -0.1) is 0 Å². The summed E-state index contributed by atoms with van der Waals surface area (Å²) in [7, 11) is -0.825. The van der Waals surface area contributed by atoms with Crippen LogP contribution in [0.15, 0.2) is 18.2 Å². The van der Waals surface area contributed by atoms with Crippen LogP contribution < -0.4 is 16.8 Å². The number of rotatable bonds is 5. The van der Waals surface area contributed by atoms with Gasteiger partial charge in [0, 0.05) is 40.7 Å². The first-order valence-corrected chi connectivity index (χ1v) is 6.96.